The van der Waals surface area contributed by atoms with Crippen molar-refractivity contribution in [3.05, 3.63) is 58.8 Å². The number of benzene rings is 1. The molecule has 0 unspecified atom stereocenters. The molecule has 0 saturated heterocycles. The molecule has 0 radical (unpaired) electrons. The monoisotopic (exact) mass is 364 g/mol. The number of nitrogens with zero attached hydrogens (tertiary/aromatic N) is 4. The van der Waals surface area contributed by atoms with E-state index in [1.165, 1.54) is 17.7 Å². The van der Waals surface area contributed by atoms with E-state index in [4.69, 9.17) is 9.52 Å². The van der Waals surface area contributed by atoms with Crippen LogP contribution in [-0.4, -0.2) is 32.1 Å². The zero-order valence-corrected chi connectivity index (χ0v) is 16.0. The second-order valence-corrected chi connectivity index (χ2v) is 7.15. The van der Waals surface area contributed by atoms with Crippen LogP contribution in [0.5, 0.6) is 0 Å². The van der Waals surface area contributed by atoms with Gasteiger partial charge in [0.05, 0.1) is 6.54 Å². The first kappa shape index (κ1) is 17.5. The van der Waals surface area contributed by atoms with Crippen molar-refractivity contribution in [2.24, 2.45) is 0 Å². The fraction of sp³-hybridized carbons (Fsp3) is 0.381. The maximum Gasteiger partial charge on any atom is 0.254 e. The number of rotatable bonds is 4. The number of aryl methyl sites for hydroxylation is 3. The van der Waals surface area contributed by atoms with Crippen LogP contribution in [0.4, 0.5) is 0 Å². The van der Waals surface area contributed by atoms with E-state index in [0.29, 0.717) is 13.1 Å². The molecule has 1 aromatic carbocycles. The van der Waals surface area contributed by atoms with E-state index in [2.05, 4.69) is 23.5 Å². The largest absolute Gasteiger partial charge is 0.451 e. The zero-order chi connectivity index (χ0) is 19.0. The normalized spacial score (nSPS) is 13.7. The number of carbonyl (C=O) groups excluding carboxylic acids is 1. The number of fused-ring (bicyclic) bond motifs is 1. The fourth-order valence-corrected chi connectivity index (χ4v) is 3.65. The molecule has 3 heterocycles. The summed E-state index contributed by atoms with van der Waals surface area (Å²) in [6.07, 6.45) is 4.85. The summed E-state index contributed by atoms with van der Waals surface area (Å²) in [5, 5.41) is 4.77. The van der Waals surface area contributed by atoms with Gasteiger partial charge in [0.1, 0.15) is 17.7 Å². The summed E-state index contributed by atoms with van der Waals surface area (Å²) in [5.74, 6) is 0.0677. The highest BCUT2D eigenvalue weighted by molar-refractivity contribution is 5.94. The van der Waals surface area contributed by atoms with Gasteiger partial charge in [0.15, 0.2) is 6.39 Å². The van der Waals surface area contributed by atoms with Gasteiger partial charge in [0.2, 0.25) is 0 Å². The van der Waals surface area contributed by atoms with E-state index in [0.717, 1.165) is 47.5 Å². The van der Waals surface area contributed by atoms with Crippen LogP contribution in [0.1, 0.15) is 46.1 Å². The van der Waals surface area contributed by atoms with Crippen LogP contribution in [0.3, 0.4) is 0 Å². The Balaban J connectivity index is 1.67. The Labute approximate surface area is 158 Å². The van der Waals surface area contributed by atoms with E-state index in [9.17, 15) is 4.79 Å². The molecule has 6 heteroatoms. The van der Waals surface area contributed by atoms with Crippen molar-refractivity contribution < 1.29 is 9.21 Å². The van der Waals surface area contributed by atoms with Gasteiger partial charge in [0, 0.05) is 36.3 Å². The van der Waals surface area contributed by atoms with Gasteiger partial charge in [-0.15, -0.1) is 0 Å². The predicted octanol–water partition coefficient (Wildman–Crippen LogP) is 3.76. The van der Waals surface area contributed by atoms with Gasteiger partial charge in [0.25, 0.3) is 5.91 Å². The van der Waals surface area contributed by atoms with Gasteiger partial charge in [-0.3, -0.25) is 9.48 Å². The number of hydrogen-bond acceptors (Lipinski definition) is 4. The third-order valence-corrected chi connectivity index (χ3v) is 5.29. The Morgan fingerprint density at radius 3 is 2.81 bits per heavy atom. The average Bonchev–Trinajstić information content (AvgIpc) is 3.31. The highest BCUT2D eigenvalue weighted by atomic mass is 16.3. The van der Waals surface area contributed by atoms with Crippen molar-refractivity contribution in [1.29, 1.82) is 0 Å². The maximum absolute atomic E-state index is 13.1. The highest BCUT2D eigenvalue weighted by Crippen LogP contribution is 2.30. The third kappa shape index (κ3) is 3.16. The van der Waals surface area contributed by atoms with Crippen LogP contribution in [-0.2, 0) is 19.5 Å². The molecular weight excluding hydrogens is 340 g/mol. The second-order valence-electron chi connectivity index (χ2n) is 7.15. The Morgan fingerprint density at radius 1 is 1.26 bits per heavy atom. The van der Waals surface area contributed by atoms with Crippen molar-refractivity contribution in [1.82, 2.24) is 19.7 Å². The van der Waals surface area contributed by atoms with E-state index in [1.807, 2.05) is 30.0 Å². The van der Waals surface area contributed by atoms with E-state index in [1.54, 1.807) is 6.26 Å². The number of oxazole rings is 1. The lowest BCUT2D eigenvalue weighted by molar-refractivity contribution is 0.0733. The zero-order valence-electron chi connectivity index (χ0n) is 16.0. The van der Waals surface area contributed by atoms with Gasteiger partial charge in [-0.2, -0.15) is 5.10 Å². The van der Waals surface area contributed by atoms with Gasteiger partial charge in [-0.25, -0.2) is 4.98 Å². The minimum atomic E-state index is 0.0677. The number of carbonyl (C=O) groups is 1. The quantitative estimate of drug-likeness (QED) is 0.707. The molecule has 1 aliphatic heterocycles. The fourth-order valence-electron chi connectivity index (χ4n) is 3.65. The van der Waals surface area contributed by atoms with Crippen molar-refractivity contribution in [2.45, 2.75) is 46.7 Å². The van der Waals surface area contributed by atoms with Gasteiger partial charge in [-0.1, -0.05) is 13.0 Å². The summed E-state index contributed by atoms with van der Waals surface area (Å²) < 4.78 is 7.22. The molecule has 4 rings (SSSR count). The molecule has 6 nitrogen and oxygen atoms in total. The van der Waals surface area contributed by atoms with E-state index in [-0.39, 0.29) is 5.91 Å². The molecule has 0 saturated carbocycles. The number of amides is 1. The van der Waals surface area contributed by atoms with Crippen molar-refractivity contribution in [3.8, 4) is 11.4 Å². The van der Waals surface area contributed by atoms with Gasteiger partial charge >= 0.3 is 0 Å². The lowest BCUT2D eigenvalue weighted by atomic mass is 10.0. The molecule has 1 amide bonds. The van der Waals surface area contributed by atoms with Crippen LogP contribution >= 0.6 is 0 Å². The van der Waals surface area contributed by atoms with Crippen molar-refractivity contribution in [3.63, 3.8) is 0 Å². The summed E-state index contributed by atoms with van der Waals surface area (Å²) in [6, 6.07) is 5.91. The van der Waals surface area contributed by atoms with Crippen LogP contribution in [0.2, 0.25) is 0 Å². The summed E-state index contributed by atoms with van der Waals surface area (Å²) in [4.78, 5) is 19.3. The molecule has 0 bridgehead atoms. The Bertz CT molecular complexity index is 972. The summed E-state index contributed by atoms with van der Waals surface area (Å²) >= 11 is 0. The van der Waals surface area contributed by atoms with E-state index < -0.39 is 0 Å². The molecule has 3 aromatic rings. The van der Waals surface area contributed by atoms with Crippen LogP contribution in [0, 0.1) is 13.8 Å². The lowest BCUT2D eigenvalue weighted by Crippen LogP contribution is -2.36. The SMILES string of the molecule is CCCn1nc(-c2cocn2)c2c1CCN(C(=O)c1ccc(C)c(C)c1)C2. The smallest absolute Gasteiger partial charge is 0.254 e. The minimum absolute atomic E-state index is 0.0677. The molecule has 2 aromatic heterocycles. The molecule has 0 N–H and O–H groups in total. The number of aromatic nitrogens is 3. The minimum Gasteiger partial charge on any atom is -0.451 e. The molecule has 0 aliphatic carbocycles. The van der Waals surface area contributed by atoms with Crippen LogP contribution in [0.15, 0.2) is 35.3 Å². The molecule has 0 spiro atoms. The van der Waals surface area contributed by atoms with E-state index >= 15 is 0 Å². The first-order chi connectivity index (χ1) is 13.1. The first-order valence-corrected chi connectivity index (χ1v) is 9.42. The Morgan fingerprint density at radius 2 is 2.11 bits per heavy atom. The molecular formula is C21H24N4O2. The first-order valence-electron chi connectivity index (χ1n) is 9.42. The predicted molar refractivity (Wildman–Crippen MR) is 102 cm³/mol. The topological polar surface area (TPSA) is 64.2 Å². The van der Waals surface area contributed by atoms with Crippen LogP contribution < -0.4 is 0 Å². The summed E-state index contributed by atoms with van der Waals surface area (Å²) in [7, 11) is 0. The Kier molecular flexibility index (Phi) is 4.56. The molecule has 27 heavy (non-hydrogen) atoms. The molecule has 140 valence electrons. The molecule has 0 fully saturated rings. The summed E-state index contributed by atoms with van der Waals surface area (Å²) in [5.41, 5.74) is 6.91. The number of hydrogen-bond donors (Lipinski definition) is 0. The van der Waals surface area contributed by atoms with Gasteiger partial charge < -0.3 is 9.32 Å². The summed E-state index contributed by atoms with van der Waals surface area (Å²) in [6.45, 7) is 8.36. The Hall–Kier alpha value is -2.89. The molecule has 1 aliphatic rings. The lowest BCUT2D eigenvalue weighted by Gasteiger charge is -2.28. The van der Waals surface area contributed by atoms with Crippen molar-refractivity contribution >= 4 is 5.91 Å². The second kappa shape index (κ2) is 7.02. The highest BCUT2D eigenvalue weighted by Gasteiger charge is 2.29. The third-order valence-electron chi connectivity index (χ3n) is 5.29. The molecule has 0 atom stereocenters. The van der Waals surface area contributed by atoms with Gasteiger partial charge in [-0.05, 0) is 43.5 Å². The maximum atomic E-state index is 13.1. The van der Waals surface area contributed by atoms with Crippen molar-refractivity contribution in [2.75, 3.05) is 6.54 Å². The standard InChI is InChI=1S/C21H24N4O2/c1-4-8-25-19-7-9-24(21(26)16-6-5-14(2)15(3)10-16)11-17(19)20(23-25)18-12-27-13-22-18/h5-6,10,12-13H,4,7-9,11H2,1-3H3. The van der Waals surface area contributed by atoms with Crippen LogP contribution in [0.25, 0.3) is 11.4 Å². The average molecular weight is 364 g/mol.